The molecule has 2 aromatic carbocycles. The third-order valence-electron chi connectivity index (χ3n) is 3.22. The van der Waals surface area contributed by atoms with Crippen molar-refractivity contribution in [2.45, 2.75) is 4.90 Å². The van der Waals surface area contributed by atoms with Crippen molar-refractivity contribution in [2.75, 3.05) is 0 Å². The van der Waals surface area contributed by atoms with E-state index in [0.29, 0.717) is 22.1 Å². The van der Waals surface area contributed by atoms with Gasteiger partial charge in [0.2, 0.25) is 16.0 Å². The summed E-state index contributed by atoms with van der Waals surface area (Å²) in [5, 5.41) is 5.63. The summed E-state index contributed by atoms with van der Waals surface area (Å²) in [5.74, 6) is -0.309. The van der Waals surface area contributed by atoms with Gasteiger partial charge in [0.25, 0.3) is 0 Å². The van der Waals surface area contributed by atoms with E-state index in [1.807, 2.05) is 0 Å². The summed E-state index contributed by atoms with van der Waals surface area (Å²) in [4.78, 5) is 3.83. The highest BCUT2D eigenvalue weighted by Crippen LogP contribution is 2.24. The quantitative estimate of drug-likeness (QED) is 0.788. The number of nitrogens with zero attached hydrogens (tertiary/aromatic N) is 2. The van der Waals surface area contributed by atoms with Crippen molar-refractivity contribution in [3.8, 4) is 17.1 Å². The Morgan fingerprint density at radius 3 is 2.22 bits per heavy atom. The van der Waals surface area contributed by atoms with E-state index in [9.17, 15) is 12.8 Å². The van der Waals surface area contributed by atoms with Crippen LogP contribution < -0.4 is 5.14 Å². The molecule has 0 unspecified atom stereocenters. The van der Waals surface area contributed by atoms with Gasteiger partial charge in [-0.15, -0.1) is 0 Å². The predicted molar refractivity (Wildman–Crippen MR) is 85.3 cm³/mol. The maximum atomic E-state index is 13.6. The number of nitrogens with two attached hydrogens (primary N) is 1. The monoisotopic (exact) mass is 351 g/mol. The zero-order chi connectivity index (χ0) is 16.6. The van der Waals surface area contributed by atoms with Crippen molar-refractivity contribution in [1.82, 2.24) is 9.55 Å². The second-order valence-corrected chi connectivity index (χ2v) is 6.80. The number of hydrogen-bond acceptors (Lipinski definition) is 3. The lowest BCUT2D eigenvalue weighted by molar-refractivity contribution is 0.590. The first-order valence-electron chi connectivity index (χ1n) is 6.49. The van der Waals surface area contributed by atoms with E-state index in [0.717, 1.165) is 0 Å². The minimum atomic E-state index is -3.78. The number of benzene rings is 2. The molecular weight excluding hydrogens is 341 g/mol. The highest BCUT2D eigenvalue weighted by molar-refractivity contribution is 7.89. The normalized spacial score (nSPS) is 11.6. The van der Waals surface area contributed by atoms with Gasteiger partial charge in [-0.25, -0.2) is 13.6 Å². The molecule has 8 heteroatoms. The van der Waals surface area contributed by atoms with E-state index in [1.54, 1.807) is 28.8 Å². The Bertz CT molecular complexity index is 951. The Morgan fingerprint density at radius 1 is 1.04 bits per heavy atom. The third kappa shape index (κ3) is 3.26. The van der Waals surface area contributed by atoms with Gasteiger partial charge in [0.1, 0.15) is 5.82 Å². The molecule has 0 amide bonds. The molecule has 0 aliphatic carbocycles. The summed E-state index contributed by atoms with van der Waals surface area (Å²) in [6.07, 6.45) is 1.24. The average Bonchev–Trinajstić information content (AvgIpc) is 2.89. The molecule has 3 rings (SSSR count). The van der Waals surface area contributed by atoms with Gasteiger partial charge in [0.05, 0.1) is 11.1 Å². The number of aromatic nitrogens is 2. The SMILES string of the molecule is NS(=O)(=O)c1ccc(-c2nc(F)cn2-c2ccc(Cl)cc2)cc1. The Hall–Kier alpha value is -2.22. The summed E-state index contributed by atoms with van der Waals surface area (Å²) in [6, 6.07) is 12.6. The van der Waals surface area contributed by atoms with E-state index in [-0.39, 0.29) is 4.90 Å². The lowest BCUT2D eigenvalue weighted by Gasteiger charge is -2.08. The first kappa shape index (κ1) is 15.7. The molecule has 0 saturated heterocycles. The number of imidazole rings is 1. The number of primary sulfonamides is 1. The fourth-order valence-corrected chi connectivity index (χ4v) is 2.79. The van der Waals surface area contributed by atoms with Gasteiger partial charge >= 0.3 is 0 Å². The standard InChI is InChI=1S/C15H11ClFN3O2S/c16-11-3-5-12(6-4-11)20-9-14(17)19-15(20)10-1-7-13(8-2-10)23(18,21)22/h1-9H,(H2,18,21,22). The summed E-state index contributed by atoms with van der Waals surface area (Å²) in [6.45, 7) is 0. The van der Waals surface area contributed by atoms with Gasteiger partial charge < -0.3 is 0 Å². The van der Waals surface area contributed by atoms with Crippen LogP contribution in [0.15, 0.2) is 59.6 Å². The van der Waals surface area contributed by atoms with Crippen LogP contribution in [-0.4, -0.2) is 18.0 Å². The highest BCUT2D eigenvalue weighted by atomic mass is 35.5. The first-order chi connectivity index (χ1) is 10.8. The molecule has 0 atom stereocenters. The second-order valence-electron chi connectivity index (χ2n) is 4.80. The van der Waals surface area contributed by atoms with Crippen LogP contribution in [0.4, 0.5) is 4.39 Å². The molecule has 0 radical (unpaired) electrons. The number of sulfonamides is 1. The second kappa shape index (κ2) is 5.77. The topological polar surface area (TPSA) is 78.0 Å². The zero-order valence-corrected chi connectivity index (χ0v) is 13.2. The lowest BCUT2D eigenvalue weighted by Crippen LogP contribution is -2.11. The number of rotatable bonds is 3. The smallest absolute Gasteiger partial charge is 0.238 e. The van der Waals surface area contributed by atoms with Gasteiger partial charge in [0.15, 0.2) is 0 Å². The molecule has 0 bridgehead atoms. The molecule has 1 aromatic heterocycles. The van der Waals surface area contributed by atoms with Crippen molar-refractivity contribution in [3.05, 3.63) is 65.7 Å². The minimum absolute atomic E-state index is 0.0219. The van der Waals surface area contributed by atoms with Crippen molar-refractivity contribution in [3.63, 3.8) is 0 Å². The van der Waals surface area contributed by atoms with Crippen LogP contribution in [0.1, 0.15) is 0 Å². The van der Waals surface area contributed by atoms with Gasteiger partial charge in [-0.3, -0.25) is 4.57 Å². The van der Waals surface area contributed by atoms with E-state index < -0.39 is 16.0 Å². The van der Waals surface area contributed by atoms with Crippen LogP contribution in [0, 0.1) is 5.95 Å². The molecule has 0 saturated carbocycles. The molecule has 1 heterocycles. The van der Waals surface area contributed by atoms with E-state index >= 15 is 0 Å². The summed E-state index contributed by atoms with van der Waals surface area (Å²) in [7, 11) is -3.78. The van der Waals surface area contributed by atoms with E-state index in [4.69, 9.17) is 16.7 Å². The summed E-state index contributed by atoms with van der Waals surface area (Å²) < 4.78 is 37.8. The number of halogens is 2. The van der Waals surface area contributed by atoms with Crippen LogP contribution in [0.3, 0.4) is 0 Å². The molecule has 118 valence electrons. The fraction of sp³-hybridized carbons (Fsp3) is 0. The van der Waals surface area contributed by atoms with E-state index in [1.165, 1.54) is 30.5 Å². The summed E-state index contributed by atoms with van der Waals surface area (Å²) in [5.41, 5.74) is 1.23. The highest BCUT2D eigenvalue weighted by Gasteiger charge is 2.13. The molecule has 2 N–H and O–H groups in total. The van der Waals surface area contributed by atoms with Crippen LogP contribution in [-0.2, 0) is 10.0 Å². The molecule has 0 aliphatic heterocycles. The lowest BCUT2D eigenvalue weighted by atomic mass is 10.2. The van der Waals surface area contributed by atoms with Crippen LogP contribution >= 0.6 is 11.6 Å². The zero-order valence-electron chi connectivity index (χ0n) is 11.6. The van der Waals surface area contributed by atoms with Gasteiger partial charge in [-0.1, -0.05) is 11.6 Å². The average molecular weight is 352 g/mol. The predicted octanol–water partition coefficient (Wildman–Crippen LogP) is 2.98. The molecule has 0 spiro atoms. The first-order valence-corrected chi connectivity index (χ1v) is 8.41. The largest absolute Gasteiger partial charge is 0.297 e. The van der Waals surface area contributed by atoms with Gasteiger partial charge in [0, 0.05) is 16.3 Å². The van der Waals surface area contributed by atoms with E-state index in [2.05, 4.69) is 4.98 Å². The molecular formula is C15H11ClFN3O2S. The molecule has 0 fully saturated rings. The van der Waals surface area contributed by atoms with Crippen LogP contribution in [0.2, 0.25) is 5.02 Å². The molecule has 5 nitrogen and oxygen atoms in total. The van der Waals surface area contributed by atoms with Crippen LogP contribution in [0.25, 0.3) is 17.1 Å². The van der Waals surface area contributed by atoms with Gasteiger partial charge in [-0.05, 0) is 48.5 Å². The maximum absolute atomic E-state index is 13.6. The maximum Gasteiger partial charge on any atom is 0.238 e. The van der Waals surface area contributed by atoms with Crippen molar-refractivity contribution in [2.24, 2.45) is 5.14 Å². The third-order valence-corrected chi connectivity index (χ3v) is 4.40. The molecule has 23 heavy (non-hydrogen) atoms. The van der Waals surface area contributed by atoms with Crippen molar-refractivity contribution in [1.29, 1.82) is 0 Å². The van der Waals surface area contributed by atoms with Crippen molar-refractivity contribution >= 4 is 21.6 Å². The fourth-order valence-electron chi connectivity index (χ4n) is 2.15. The number of hydrogen-bond donors (Lipinski definition) is 1. The van der Waals surface area contributed by atoms with Crippen LogP contribution in [0.5, 0.6) is 0 Å². The summed E-state index contributed by atoms with van der Waals surface area (Å²) >= 11 is 5.85. The van der Waals surface area contributed by atoms with Gasteiger partial charge in [-0.2, -0.15) is 9.37 Å². The molecule has 3 aromatic rings. The Labute approximate surface area is 137 Å². The Balaban J connectivity index is 2.09. The van der Waals surface area contributed by atoms with Crippen molar-refractivity contribution < 1.29 is 12.8 Å². The molecule has 0 aliphatic rings. The minimum Gasteiger partial charge on any atom is -0.297 e. The Morgan fingerprint density at radius 2 is 1.65 bits per heavy atom. The Kier molecular flexibility index (Phi) is 3.93.